The number of ether oxygens (including phenoxy) is 1. The van der Waals surface area contributed by atoms with Crippen LogP contribution in [0.15, 0.2) is 29.3 Å². The molecule has 2 rings (SSSR count). The molecular formula is C17H25N3O2S. The number of methoxy groups -OCH3 is 1. The molecule has 1 saturated heterocycles. The van der Waals surface area contributed by atoms with Crippen molar-refractivity contribution in [3.8, 4) is 5.75 Å². The van der Waals surface area contributed by atoms with Crippen molar-refractivity contribution in [2.75, 3.05) is 17.9 Å². The minimum absolute atomic E-state index is 0.0353. The van der Waals surface area contributed by atoms with Crippen molar-refractivity contribution in [3.05, 3.63) is 24.3 Å². The fraction of sp³-hybridized carbons (Fsp3) is 0.529. The van der Waals surface area contributed by atoms with E-state index < -0.39 is 0 Å². The van der Waals surface area contributed by atoms with Crippen molar-refractivity contribution in [1.82, 2.24) is 4.90 Å². The Bertz CT molecular complexity index is 591. The van der Waals surface area contributed by atoms with Gasteiger partial charge in [-0.2, -0.15) is 0 Å². The predicted octanol–water partition coefficient (Wildman–Crippen LogP) is 4.19. The highest BCUT2D eigenvalue weighted by atomic mass is 32.2. The van der Waals surface area contributed by atoms with E-state index in [1.165, 1.54) is 0 Å². The summed E-state index contributed by atoms with van der Waals surface area (Å²) in [5, 5.41) is 0.794. The van der Waals surface area contributed by atoms with E-state index in [9.17, 15) is 4.79 Å². The third-order valence-electron chi connectivity index (χ3n) is 3.30. The van der Waals surface area contributed by atoms with Gasteiger partial charge in [-0.3, -0.25) is 14.8 Å². The number of carbonyl (C=O) groups is 1. The Morgan fingerprint density at radius 3 is 2.30 bits per heavy atom. The molecule has 23 heavy (non-hydrogen) atoms. The van der Waals surface area contributed by atoms with Crippen LogP contribution in [0.5, 0.6) is 5.75 Å². The molecule has 0 bridgehead atoms. The number of hydrogen-bond donors (Lipinski definition) is 0. The molecule has 1 aromatic rings. The lowest BCUT2D eigenvalue weighted by molar-refractivity contribution is 0.220. The summed E-state index contributed by atoms with van der Waals surface area (Å²) in [6.07, 6.45) is 0. The lowest BCUT2D eigenvalue weighted by Gasteiger charge is -2.38. The Morgan fingerprint density at radius 1 is 1.22 bits per heavy atom. The Hall–Kier alpha value is -1.69. The van der Waals surface area contributed by atoms with Crippen LogP contribution in [0.1, 0.15) is 34.6 Å². The van der Waals surface area contributed by atoms with Crippen LogP contribution in [0.2, 0.25) is 0 Å². The standard InChI is InChI=1S/C17H25N3O2S/c1-12(2)20-15(18-17(3,4)5)23-11-19(16(20)21)13-7-9-14(22-6)10-8-13/h7-10,12H,11H2,1-6H3. The van der Waals surface area contributed by atoms with E-state index in [0.717, 1.165) is 16.6 Å². The van der Waals surface area contributed by atoms with Gasteiger partial charge >= 0.3 is 6.03 Å². The molecule has 1 aliphatic rings. The molecular weight excluding hydrogens is 310 g/mol. The summed E-state index contributed by atoms with van der Waals surface area (Å²) in [6.45, 7) is 10.1. The van der Waals surface area contributed by atoms with Crippen LogP contribution in [0.3, 0.4) is 0 Å². The summed E-state index contributed by atoms with van der Waals surface area (Å²) in [5.41, 5.74) is 0.654. The summed E-state index contributed by atoms with van der Waals surface area (Å²) in [5.74, 6) is 1.34. The molecule has 126 valence electrons. The van der Waals surface area contributed by atoms with Gasteiger partial charge in [-0.15, -0.1) is 0 Å². The first-order chi connectivity index (χ1) is 10.7. The van der Waals surface area contributed by atoms with Crippen LogP contribution < -0.4 is 9.64 Å². The maximum Gasteiger partial charge on any atom is 0.331 e. The summed E-state index contributed by atoms with van der Waals surface area (Å²) in [7, 11) is 1.63. The minimum Gasteiger partial charge on any atom is -0.497 e. The van der Waals surface area contributed by atoms with Crippen LogP contribution in [-0.4, -0.2) is 40.7 Å². The molecule has 0 saturated carbocycles. The molecule has 0 unspecified atom stereocenters. The van der Waals surface area contributed by atoms with Crippen molar-refractivity contribution in [1.29, 1.82) is 0 Å². The van der Waals surface area contributed by atoms with Gasteiger partial charge in [-0.1, -0.05) is 11.8 Å². The molecule has 0 atom stereocenters. The average Bonchev–Trinajstić information content (AvgIpc) is 2.45. The van der Waals surface area contributed by atoms with E-state index in [1.807, 2.05) is 58.9 Å². The molecule has 6 heteroatoms. The molecule has 1 fully saturated rings. The number of aliphatic imine (C=N–C) groups is 1. The zero-order chi connectivity index (χ0) is 17.2. The van der Waals surface area contributed by atoms with Crippen molar-refractivity contribution < 1.29 is 9.53 Å². The van der Waals surface area contributed by atoms with Crippen molar-refractivity contribution in [2.24, 2.45) is 4.99 Å². The van der Waals surface area contributed by atoms with Gasteiger partial charge in [0.1, 0.15) is 5.75 Å². The van der Waals surface area contributed by atoms with Gasteiger partial charge in [-0.05, 0) is 58.9 Å². The summed E-state index contributed by atoms with van der Waals surface area (Å²) in [4.78, 5) is 21.2. The van der Waals surface area contributed by atoms with Crippen LogP contribution in [0, 0.1) is 0 Å². The number of anilines is 1. The number of amides is 2. The van der Waals surface area contributed by atoms with E-state index in [-0.39, 0.29) is 17.6 Å². The Morgan fingerprint density at radius 2 is 1.83 bits per heavy atom. The maximum absolute atomic E-state index is 12.9. The highest BCUT2D eigenvalue weighted by Crippen LogP contribution is 2.30. The van der Waals surface area contributed by atoms with Crippen LogP contribution >= 0.6 is 11.8 Å². The van der Waals surface area contributed by atoms with Crippen molar-refractivity contribution >= 4 is 28.6 Å². The monoisotopic (exact) mass is 335 g/mol. The van der Waals surface area contributed by atoms with Crippen LogP contribution in [0.4, 0.5) is 10.5 Å². The molecule has 5 nitrogen and oxygen atoms in total. The molecule has 1 aliphatic heterocycles. The second kappa shape index (κ2) is 6.83. The van der Waals surface area contributed by atoms with Gasteiger partial charge in [0, 0.05) is 11.7 Å². The number of urea groups is 1. The molecule has 1 heterocycles. The number of nitrogens with zero attached hydrogens (tertiary/aromatic N) is 3. The number of benzene rings is 1. The molecule has 0 aliphatic carbocycles. The zero-order valence-corrected chi connectivity index (χ0v) is 15.5. The van der Waals surface area contributed by atoms with Gasteiger partial charge in [0.15, 0.2) is 5.17 Å². The van der Waals surface area contributed by atoms with E-state index in [2.05, 4.69) is 0 Å². The number of carbonyl (C=O) groups excluding carboxylic acids is 1. The fourth-order valence-electron chi connectivity index (χ4n) is 2.22. The van der Waals surface area contributed by atoms with Crippen molar-refractivity contribution in [2.45, 2.75) is 46.2 Å². The van der Waals surface area contributed by atoms with Gasteiger partial charge in [0.25, 0.3) is 0 Å². The van der Waals surface area contributed by atoms with E-state index in [1.54, 1.807) is 28.7 Å². The van der Waals surface area contributed by atoms with Crippen LogP contribution in [0.25, 0.3) is 0 Å². The summed E-state index contributed by atoms with van der Waals surface area (Å²) >= 11 is 1.59. The first kappa shape index (κ1) is 17.7. The Kier molecular flexibility index (Phi) is 5.24. The summed E-state index contributed by atoms with van der Waals surface area (Å²) < 4.78 is 5.18. The maximum atomic E-state index is 12.9. The summed E-state index contributed by atoms with van der Waals surface area (Å²) in [6, 6.07) is 7.56. The SMILES string of the molecule is COc1ccc(N2CSC(=NC(C)(C)C)N(C(C)C)C2=O)cc1. The smallest absolute Gasteiger partial charge is 0.331 e. The lowest BCUT2D eigenvalue weighted by Crippen LogP contribution is -2.53. The Labute approximate surface area is 142 Å². The number of amidine groups is 1. The van der Waals surface area contributed by atoms with Crippen molar-refractivity contribution in [3.63, 3.8) is 0 Å². The van der Waals surface area contributed by atoms with Gasteiger partial charge in [0.05, 0.1) is 18.5 Å². The number of thioether (sulfide) groups is 1. The average molecular weight is 335 g/mol. The third kappa shape index (κ3) is 4.19. The Balaban J connectivity index is 2.30. The van der Waals surface area contributed by atoms with E-state index in [0.29, 0.717) is 5.88 Å². The molecule has 0 aromatic heterocycles. The van der Waals surface area contributed by atoms with Crippen LogP contribution in [-0.2, 0) is 0 Å². The quantitative estimate of drug-likeness (QED) is 0.832. The highest BCUT2D eigenvalue weighted by Gasteiger charge is 2.34. The normalized spacial score (nSPS) is 18.0. The second-order valence-electron chi connectivity index (χ2n) is 6.71. The first-order valence-electron chi connectivity index (χ1n) is 7.70. The first-order valence-corrected chi connectivity index (χ1v) is 8.69. The lowest BCUT2D eigenvalue weighted by atomic mass is 10.1. The molecule has 2 amide bonds. The van der Waals surface area contributed by atoms with Gasteiger partial charge in [0.2, 0.25) is 0 Å². The second-order valence-corrected chi connectivity index (χ2v) is 7.62. The topological polar surface area (TPSA) is 45.1 Å². The third-order valence-corrected chi connectivity index (χ3v) is 4.23. The molecule has 0 radical (unpaired) electrons. The molecule has 1 aromatic carbocycles. The number of hydrogen-bond acceptors (Lipinski definition) is 4. The fourth-order valence-corrected chi connectivity index (χ4v) is 3.49. The molecule has 0 N–H and O–H groups in total. The molecule has 0 spiro atoms. The van der Waals surface area contributed by atoms with Gasteiger partial charge < -0.3 is 4.74 Å². The minimum atomic E-state index is -0.210. The highest BCUT2D eigenvalue weighted by molar-refractivity contribution is 8.14. The van der Waals surface area contributed by atoms with Gasteiger partial charge in [-0.25, -0.2) is 4.79 Å². The van der Waals surface area contributed by atoms with E-state index in [4.69, 9.17) is 9.73 Å². The van der Waals surface area contributed by atoms with E-state index >= 15 is 0 Å². The number of rotatable bonds is 3. The predicted molar refractivity (Wildman–Crippen MR) is 97.5 cm³/mol. The zero-order valence-electron chi connectivity index (χ0n) is 14.7. The largest absolute Gasteiger partial charge is 0.497 e.